The minimum atomic E-state index is -0.353. The van der Waals surface area contributed by atoms with E-state index in [1.54, 1.807) is 4.90 Å². The molecule has 1 saturated heterocycles. The number of nitrogens with zero attached hydrogens (tertiary/aromatic N) is 1. The van der Waals surface area contributed by atoms with Crippen molar-refractivity contribution in [3.8, 4) is 0 Å². The lowest BCUT2D eigenvalue weighted by molar-refractivity contribution is -0.150. The van der Waals surface area contributed by atoms with Crippen LogP contribution in [0.3, 0.4) is 0 Å². The molecule has 0 aromatic rings. The molecule has 1 fully saturated rings. The summed E-state index contributed by atoms with van der Waals surface area (Å²) < 4.78 is 0. The molecule has 1 rings (SSSR count). The normalized spacial score (nSPS) is 23.9. The minimum absolute atomic E-state index is 0.00365. The molecule has 0 aliphatic carbocycles. The molecular formula is C14H26N2O2S. The maximum atomic E-state index is 12.4. The predicted molar refractivity (Wildman–Crippen MR) is 80.2 cm³/mol. The van der Waals surface area contributed by atoms with Gasteiger partial charge in [-0.25, -0.2) is 0 Å². The average molecular weight is 286 g/mol. The van der Waals surface area contributed by atoms with E-state index < -0.39 is 0 Å². The lowest BCUT2D eigenvalue weighted by Crippen LogP contribution is -2.64. The highest BCUT2D eigenvalue weighted by Gasteiger charge is 2.40. The summed E-state index contributed by atoms with van der Waals surface area (Å²) in [6, 6.07) is -0.636. The van der Waals surface area contributed by atoms with Gasteiger partial charge in [-0.05, 0) is 30.3 Å². The van der Waals surface area contributed by atoms with Crippen molar-refractivity contribution in [2.45, 2.75) is 52.6 Å². The lowest BCUT2D eigenvalue weighted by Gasteiger charge is -2.40. The summed E-state index contributed by atoms with van der Waals surface area (Å²) in [6.07, 6.45) is 1.64. The van der Waals surface area contributed by atoms with Crippen molar-refractivity contribution in [3.05, 3.63) is 0 Å². The second kappa shape index (κ2) is 7.78. The SMILES string of the molecule is CCSCCCN1C(=O)C(C(C)C)NC(=O)C1CC. The Balaban J connectivity index is 2.69. The van der Waals surface area contributed by atoms with Crippen LogP contribution in [0.5, 0.6) is 0 Å². The summed E-state index contributed by atoms with van der Waals surface area (Å²) in [5, 5.41) is 2.86. The van der Waals surface area contributed by atoms with Crippen LogP contribution < -0.4 is 5.32 Å². The number of carbonyl (C=O) groups excluding carboxylic acids is 2. The van der Waals surface area contributed by atoms with Crippen LogP contribution in [-0.2, 0) is 9.59 Å². The van der Waals surface area contributed by atoms with Crippen molar-refractivity contribution in [2.75, 3.05) is 18.1 Å². The Hall–Kier alpha value is -0.710. The fraction of sp³-hybridized carbons (Fsp3) is 0.857. The van der Waals surface area contributed by atoms with Crippen LogP contribution in [0, 0.1) is 5.92 Å². The van der Waals surface area contributed by atoms with Gasteiger partial charge in [-0.2, -0.15) is 11.8 Å². The Kier molecular flexibility index (Phi) is 6.69. The fourth-order valence-electron chi connectivity index (χ4n) is 2.39. The number of nitrogens with one attached hydrogen (secondary N) is 1. The van der Waals surface area contributed by atoms with Crippen LogP contribution in [0.1, 0.15) is 40.5 Å². The van der Waals surface area contributed by atoms with E-state index in [0.29, 0.717) is 13.0 Å². The van der Waals surface area contributed by atoms with Crippen molar-refractivity contribution in [1.82, 2.24) is 10.2 Å². The summed E-state index contributed by atoms with van der Waals surface area (Å²) in [5.41, 5.74) is 0. The molecule has 0 bridgehead atoms. The zero-order valence-electron chi connectivity index (χ0n) is 12.4. The molecule has 1 N–H and O–H groups in total. The highest BCUT2D eigenvalue weighted by Crippen LogP contribution is 2.18. The van der Waals surface area contributed by atoms with Gasteiger partial charge in [0.1, 0.15) is 12.1 Å². The van der Waals surface area contributed by atoms with Gasteiger partial charge in [0.05, 0.1) is 0 Å². The molecule has 110 valence electrons. The molecule has 0 aromatic carbocycles. The van der Waals surface area contributed by atoms with Gasteiger partial charge in [0.15, 0.2) is 0 Å². The molecule has 5 heteroatoms. The molecule has 2 amide bonds. The van der Waals surface area contributed by atoms with E-state index in [1.165, 1.54) is 0 Å². The Labute approximate surface area is 120 Å². The van der Waals surface area contributed by atoms with Crippen LogP contribution in [0.25, 0.3) is 0 Å². The topological polar surface area (TPSA) is 49.4 Å². The van der Waals surface area contributed by atoms with E-state index in [9.17, 15) is 9.59 Å². The fourth-order valence-corrected chi connectivity index (χ4v) is 3.01. The van der Waals surface area contributed by atoms with E-state index in [-0.39, 0.29) is 29.8 Å². The highest BCUT2D eigenvalue weighted by molar-refractivity contribution is 7.99. The van der Waals surface area contributed by atoms with Gasteiger partial charge < -0.3 is 10.2 Å². The molecule has 1 aliphatic rings. The zero-order valence-corrected chi connectivity index (χ0v) is 13.3. The Morgan fingerprint density at radius 2 is 2.00 bits per heavy atom. The van der Waals surface area contributed by atoms with Gasteiger partial charge in [0.25, 0.3) is 0 Å². The van der Waals surface area contributed by atoms with E-state index >= 15 is 0 Å². The standard InChI is InChI=1S/C14H26N2O2S/c1-5-11-13(17)15-12(10(3)4)14(18)16(11)8-7-9-19-6-2/h10-12H,5-9H2,1-4H3,(H,15,17). The molecule has 2 unspecified atom stereocenters. The van der Waals surface area contributed by atoms with Crippen LogP contribution >= 0.6 is 11.8 Å². The van der Waals surface area contributed by atoms with Crippen molar-refractivity contribution >= 4 is 23.6 Å². The maximum Gasteiger partial charge on any atom is 0.246 e. The third kappa shape index (κ3) is 4.13. The summed E-state index contributed by atoms with van der Waals surface area (Å²) in [5.74, 6) is 2.37. The smallest absolute Gasteiger partial charge is 0.246 e. The molecule has 1 aliphatic heterocycles. The second-order valence-electron chi connectivity index (χ2n) is 5.24. The van der Waals surface area contributed by atoms with Crippen LogP contribution in [0.4, 0.5) is 0 Å². The Morgan fingerprint density at radius 1 is 1.32 bits per heavy atom. The maximum absolute atomic E-state index is 12.4. The Morgan fingerprint density at radius 3 is 2.53 bits per heavy atom. The number of hydrogen-bond donors (Lipinski definition) is 1. The predicted octanol–water partition coefficient (Wildman–Crippen LogP) is 1.89. The van der Waals surface area contributed by atoms with Gasteiger partial charge in [0.2, 0.25) is 11.8 Å². The molecular weight excluding hydrogens is 260 g/mol. The molecule has 0 spiro atoms. The van der Waals surface area contributed by atoms with Gasteiger partial charge in [-0.15, -0.1) is 0 Å². The van der Waals surface area contributed by atoms with Gasteiger partial charge in [-0.3, -0.25) is 9.59 Å². The third-order valence-corrected chi connectivity index (χ3v) is 4.46. The quantitative estimate of drug-likeness (QED) is 0.727. The number of carbonyl (C=O) groups is 2. The first-order valence-corrected chi connectivity index (χ1v) is 8.36. The average Bonchev–Trinajstić information content (AvgIpc) is 2.37. The summed E-state index contributed by atoms with van der Waals surface area (Å²) in [6.45, 7) is 8.73. The van der Waals surface area contributed by atoms with Crippen molar-refractivity contribution in [3.63, 3.8) is 0 Å². The first kappa shape index (κ1) is 16.3. The highest BCUT2D eigenvalue weighted by atomic mass is 32.2. The second-order valence-corrected chi connectivity index (χ2v) is 6.63. The largest absolute Gasteiger partial charge is 0.342 e. The molecule has 0 radical (unpaired) electrons. The first-order chi connectivity index (χ1) is 9.02. The summed E-state index contributed by atoms with van der Waals surface area (Å²) in [4.78, 5) is 26.3. The third-order valence-electron chi connectivity index (χ3n) is 3.47. The number of thioether (sulfide) groups is 1. The van der Waals surface area contributed by atoms with E-state index in [2.05, 4.69) is 12.2 Å². The number of hydrogen-bond acceptors (Lipinski definition) is 3. The van der Waals surface area contributed by atoms with Gasteiger partial charge in [-0.1, -0.05) is 27.7 Å². The molecule has 2 atom stereocenters. The van der Waals surface area contributed by atoms with Crippen LogP contribution in [0.2, 0.25) is 0 Å². The first-order valence-electron chi connectivity index (χ1n) is 7.21. The van der Waals surface area contributed by atoms with E-state index in [0.717, 1.165) is 17.9 Å². The van der Waals surface area contributed by atoms with Crippen molar-refractivity contribution in [1.29, 1.82) is 0 Å². The zero-order chi connectivity index (χ0) is 14.4. The van der Waals surface area contributed by atoms with Crippen LogP contribution in [-0.4, -0.2) is 46.8 Å². The molecule has 1 heterocycles. The molecule has 0 saturated carbocycles. The van der Waals surface area contributed by atoms with E-state index in [1.807, 2.05) is 32.5 Å². The van der Waals surface area contributed by atoms with Gasteiger partial charge in [0, 0.05) is 6.54 Å². The number of rotatable bonds is 7. The minimum Gasteiger partial charge on any atom is -0.342 e. The molecule has 4 nitrogen and oxygen atoms in total. The van der Waals surface area contributed by atoms with Crippen molar-refractivity contribution < 1.29 is 9.59 Å². The van der Waals surface area contributed by atoms with E-state index in [4.69, 9.17) is 0 Å². The van der Waals surface area contributed by atoms with Crippen LogP contribution in [0.15, 0.2) is 0 Å². The summed E-state index contributed by atoms with van der Waals surface area (Å²) in [7, 11) is 0. The lowest BCUT2D eigenvalue weighted by atomic mass is 9.97. The number of piperazine rings is 1. The summed E-state index contributed by atoms with van der Waals surface area (Å²) >= 11 is 1.88. The molecule has 0 aromatic heterocycles. The molecule has 19 heavy (non-hydrogen) atoms. The van der Waals surface area contributed by atoms with Crippen molar-refractivity contribution in [2.24, 2.45) is 5.92 Å². The number of amides is 2. The monoisotopic (exact) mass is 286 g/mol. The Bertz CT molecular complexity index is 321. The van der Waals surface area contributed by atoms with Gasteiger partial charge >= 0.3 is 0 Å².